The van der Waals surface area contributed by atoms with E-state index in [1.165, 1.54) is 38.2 Å². The van der Waals surface area contributed by atoms with Gasteiger partial charge < -0.3 is 15.7 Å². The maximum atomic E-state index is 11.9. The summed E-state index contributed by atoms with van der Waals surface area (Å²) in [7, 11) is 0. The molecule has 0 aliphatic heterocycles. The first-order valence-corrected chi connectivity index (χ1v) is 10.9. The van der Waals surface area contributed by atoms with Gasteiger partial charge in [0.2, 0.25) is 11.8 Å². The maximum absolute atomic E-state index is 11.9. The molecule has 6 heteroatoms. The summed E-state index contributed by atoms with van der Waals surface area (Å²) in [5, 5.41) is 14.2. The molecule has 2 rings (SSSR count). The summed E-state index contributed by atoms with van der Waals surface area (Å²) in [5.74, 6) is 2.07. The first-order valence-electron chi connectivity index (χ1n) is 10.9. The minimum atomic E-state index is -0.698. The smallest absolute Gasteiger partial charge is 0.303 e. The molecule has 2 saturated carbocycles. The lowest BCUT2D eigenvalue weighted by Gasteiger charge is -2.31. The molecule has 0 aromatic carbocycles. The van der Waals surface area contributed by atoms with Gasteiger partial charge in [-0.1, -0.05) is 25.3 Å². The Hall–Kier alpha value is -1.85. The maximum Gasteiger partial charge on any atom is 0.303 e. The molecule has 158 valence electrons. The Bertz CT molecular complexity index is 561. The van der Waals surface area contributed by atoms with E-state index in [4.69, 9.17) is 5.11 Å². The number of unbranched alkanes of at least 4 members (excludes halogenated alkanes) is 3. The van der Waals surface area contributed by atoms with E-state index in [-0.39, 0.29) is 24.8 Å². The van der Waals surface area contributed by atoms with Crippen LogP contribution in [0.5, 0.6) is 0 Å². The van der Waals surface area contributed by atoms with Gasteiger partial charge >= 0.3 is 5.97 Å². The van der Waals surface area contributed by atoms with Crippen molar-refractivity contribution in [2.45, 2.75) is 71.1 Å². The molecule has 28 heavy (non-hydrogen) atoms. The minimum Gasteiger partial charge on any atom is -0.481 e. The molecule has 2 fully saturated rings. The monoisotopic (exact) mass is 392 g/mol. The first-order chi connectivity index (χ1) is 13.5. The molecule has 4 unspecified atom stereocenters. The molecule has 0 saturated heterocycles. The van der Waals surface area contributed by atoms with Crippen LogP contribution in [0.25, 0.3) is 0 Å². The molecule has 2 amide bonds. The first kappa shape index (κ1) is 22.4. The Morgan fingerprint density at radius 3 is 2.32 bits per heavy atom. The van der Waals surface area contributed by atoms with Gasteiger partial charge in [0.15, 0.2) is 0 Å². The number of hydrogen-bond acceptors (Lipinski definition) is 3. The molecular weight excluding hydrogens is 356 g/mol. The van der Waals surface area contributed by atoms with Crippen LogP contribution in [0.2, 0.25) is 0 Å². The second kappa shape index (κ2) is 11.9. The number of carboxylic acids is 1. The summed E-state index contributed by atoms with van der Waals surface area (Å²) in [6.45, 7) is 2.47. The van der Waals surface area contributed by atoms with Crippen molar-refractivity contribution in [2.75, 3.05) is 13.1 Å². The predicted molar refractivity (Wildman–Crippen MR) is 109 cm³/mol. The molecule has 0 spiro atoms. The van der Waals surface area contributed by atoms with Crippen molar-refractivity contribution >= 4 is 17.8 Å². The Labute approximate surface area is 168 Å². The van der Waals surface area contributed by atoms with E-state index in [0.29, 0.717) is 12.5 Å². The van der Waals surface area contributed by atoms with Gasteiger partial charge in [0.1, 0.15) is 0 Å². The summed E-state index contributed by atoms with van der Waals surface area (Å²) in [4.78, 5) is 33.8. The fraction of sp³-hybridized carbons (Fsp3) is 0.773. The van der Waals surface area contributed by atoms with Gasteiger partial charge in [0.25, 0.3) is 0 Å². The number of allylic oxidation sites excluding steroid dienone is 1. The molecule has 4 atom stereocenters. The molecule has 6 nitrogen and oxygen atoms in total. The molecular formula is C22H36N2O4. The van der Waals surface area contributed by atoms with Crippen LogP contribution in [0, 0.1) is 23.7 Å². The largest absolute Gasteiger partial charge is 0.481 e. The van der Waals surface area contributed by atoms with Crippen molar-refractivity contribution in [3.8, 4) is 0 Å². The van der Waals surface area contributed by atoms with Crippen LogP contribution in [0.15, 0.2) is 12.2 Å². The Morgan fingerprint density at radius 2 is 1.64 bits per heavy atom. The highest BCUT2D eigenvalue weighted by Crippen LogP contribution is 2.55. The lowest BCUT2D eigenvalue weighted by Crippen LogP contribution is -2.37. The van der Waals surface area contributed by atoms with E-state index >= 15 is 0 Å². The number of aliphatic carboxylic acids is 1. The van der Waals surface area contributed by atoms with Crippen LogP contribution < -0.4 is 10.6 Å². The van der Waals surface area contributed by atoms with Crippen molar-refractivity contribution in [2.24, 2.45) is 23.7 Å². The third-order valence-electron chi connectivity index (χ3n) is 6.49. The average molecular weight is 393 g/mol. The molecule has 2 aliphatic carbocycles. The van der Waals surface area contributed by atoms with Gasteiger partial charge in [0, 0.05) is 13.0 Å². The fourth-order valence-electron chi connectivity index (χ4n) is 5.26. The molecule has 0 heterocycles. The molecule has 2 aliphatic rings. The summed E-state index contributed by atoms with van der Waals surface area (Å²) in [5.41, 5.74) is 0. The predicted octanol–water partition coefficient (Wildman–Crippen LogP) is 3.27. The van der Waals surface area contributed by atoms with E-state index < -0.39 is 5.97 Å². The lowest BCUT2D eigenvalue weighted by molar-refractivity contribution is -0.137. The van der Waals surface area contributed by atoms with Crippen LogP contribution >= 0.6 is 0 Å². The lowest BCUT2D eigenvalue weighted by atomic mass is 9.75. The zero-order valence-corrected chi connectivity index (χ0v) is 17.1. The molecule has 0 aromatic heterocycles. The highest BCUT2D eigenvalue weighted by molar-refractivity contribution is 5.91. The average Bonchev–Trinajstić information content (AvgIpc) is 3.25. The van der Waals surface area contributed by atoms with Gasteiger partial charge in [-0.25, -0.2) is 0 Å². The molecule has 2 bridgehead atoms. The Kier molecular flexibility index (Phi) is 9.51. The van der Waals surface area contributed by atoms with Crippen molar-refractivity contribution in [3.63, 3.8) is 0 Å². The molecule has 0 radical (unpaired) electrons. The number of carbonyl (C=O) groups excluding carboxylic acids is 2. The standard InChI is InChI=1S/C22H36N2O4/c1-2-7-20(25)24-15-21(26)23-13-12-19-17-11-10-16(14-17)18(19)8-5-3-4-6-9-22(27)28/h2,7,16-19H,3-6,8-15H2,1H3,(H,23,26)(H,24,25)(H,27,28)/b7-2+. The zero-order chi connectivity index (χ0) is 20.4. The van der Waals surface area contributed by atoms with Gasteiger partial charge in [-0.2, -0.15) is 0 Å². The summed E-state index contributed by atoms with van der Waals surface area (Å²) in [6, 6.07) is 0. The number of fused-ring (bicyclic) bond motifs is 2. The highest BCUT2D eigenvalue weighted by atomic mass is 16.4. The number of hydrogen-bond donors (Lipinski definition) is 3. The summed E-state index contributed by atoms with van der Waals surface area (Å²) >= 11 is 0. The van der Waals surface area contributed by atoms with Crippen LogP contribution in [0.4, 0.5) is 0 Å². The zero-order valence-electron chi connectivity index (χ0n) is 17.1. The second-order valence-electron chi connectivity index (χ2n) is 8.36. The topological polar surface area (TPSA) is 95.5 Å². The Morgan fingerprint density at radius 1 is 0.964 bits per heavy atom. The van der Waals surface area contributed by atoms with Crippen molar-refractivity contribution in [1.82, 2.24) is 10.6 Å². The van der Waals surface area contributed by atoms with Gasteiger partial charge in [-0.3, -0.25) is 14.4 Å². The number of carbonyl (C=O) groups is 3. The number of nitrogens with one attached hydrogen (secondary N) is 2. The summed E-state index contributed by atoms with van der Waals surface area (Å²) in [6.07, 6.45) is 13.7. The molecule has 0 aromatic rings. The van der Waals surface area contributed by atoms with Crippen LogP contribution in [0.1, 0.15) is 71.1 Å². The van der Waals surface area contributed by atoms with Crippen molar-refractivity contribution in [1.29, 1.82) is 0 Å². The number of carboxylic acid groups (broad SMARTS) is 1. The van der Waals surface area contributed by atoms with Gasteiger partial charge in [-0.05, 0) is 75.2 Å². The van der Waals surface area contributed by atoms with E-state index in [1.54, 1.807) is 13.0 Å². The fourth-order valence-corrected chi connectivity index (χ4v) is 5.26. The van der Waals surface area contributed by atoms with Gasteiger partial charge in [-0.15, -0.1) is 0 Å². The van der Waals surface area contributed by atoms with Crippen LogP contribution in [-0.4, -0.2) is 36.0 Å². The van der Waals surface area contributed by atoms with Crippen LogP contribution in [0.3, 0.4) is 0 Å². The normalized spacial score (nSPS) is 25.9. The second-order valence-corrected chi connectivity index (χ2v) is 8.36. The van der Waals surface area contributed by atoms with E-state index in [0.717, 1.165) is 43.4 Å². The van der Waals surface area contributed by atoms with Crippen molar-refractivity contribution < 1.29 is 19.5 Å². The quantitative estimate of drug-likeness (QED) is 0.331. The molecule has 3 N–H and O–H groups in total. The summed E-state index contributed by atoms with van der Waals surface area (Å²) < 4.78 is 0. The Balaban J connectivity index is 1.64. The minimum absolute atomic E-state index is 0.0274. The van der Waals surface area contributed by atoms with E-state index in [2.05, 4.69) is 10.6 Å². The number of rotatable bonds is 13. The number of amides is 2. The van der Waals surface area contributed by atoms with E-state index in [9.17, 15) is 14.4 Å². The SMILES string of the molecule is C/C=C/C(=O)NCC(=O)NCCC1C2CCC(C2)C1CCCCCCC(=O)O. The van der Waals surface area contributed by atoms with E-state index in [1.807, 2.05) is 0 Å². The van der Waals surface area contributed by atoms with Crippen LogP contribution in [-0.2, 0) is 14.4 Å². The van der Waals surface area contributed by atoms with Crippen molar-refractivity contribution in [3.05, 3.63) is 12.2 Å². The highest BCUT2D eigenvalue weighted by Gasteiger charge is 2.46. The van der Waals surface area contributed by atoms with Gasteiger partial charge in [0.05, 0.1) is 6.54 Å². The third-order valence-corrected chi connectivity index (χ3v) is 6.49. The third kappa shape index (κ3) is 7.28.